The van der Waals surface area contributed by atoms with Crippen LogP contribution in [0.5, 0.6) is 0 Å². The second kappa shape index (κ2) is 11.6. The van der Waals surface area contributed by atoms with Crippen LogP contribution in [-0.2, 0) is 14.3 Å². The average Bonchev–Trinajstić information content (AvgIpc) is 2.33. The van der Waals surface area contributed by atoms with Crippen LogP contribution in [-0.4, -0.2) is 18.9 Å². The van der Waals surface area contributed by atoms with Gasteiger partial charge in [-0.2, -0.15) is 0 Å². The Hall–Kier alpha value is -0.860. The molecular formula is C14H26O3. The molecule has 0 heterocycles. The van der Waals surface area contributed by atoms with Crippen LogP contribution in [0.1, 0.15) is 65.2 Å². The fraction of sp³-hybridized carbons (Fsp3) is 0.857. The molecule has 0 aliphatic rings. The molecule has 0 aromatic heterocycles. The Labute approximate surface area is 105 Å². The summed E-state index contributed by atoms with van der Waals surface area (Å²) in [7, 11) is 0. The number of esters is 1. The third kappa shape index (κ3) is 10.0. The Balaban J connectivity index is 3.69. The average molecular weight is 242 g/mol. The lowest BCUT2D eigenvalue weighted by Gasteiger charge is -2.15. The van der Waals surface area contributed by atoms with Gasteiger partial charge in [0.25, 0.3) is 0 Å². The van der Waals surface area contributed by atoms with Gasteiger partial charge in [0.1, 0.15) is 6.29 Å². The molecular weight excluding hydrogens is 216 g/mol. The minimum atomic E-state index is -0.163. The first-order valence-corrected chi connectivity index (χ1v) is 6.83. The predicted octanol–water partition coefficient (Wildman–Crippen LogP) is 3.51. The minimum Gasteiger partial charge on any atom is -0.465 e. The number of unbranched alkanes of at least 4 members (excludes halogenated alkanes) is 2. The normalized spacial score (nSPS) is 12.1. The maximum absolute atomic E-state index is 11.4. The molecule has 100 valence electrons. The molecule has 0 aliphatic carbocycles. The van der Waals surface area contributed by atoms with Crippen molar-refractivity contribution < 1.29 is 14.3 Å². The van der Waals surface area contributed by atoms with Gasteiger partial charge in [0.15, 0.2) is 0 Å². The summed E-state index contributed by atoms with van der Waals surface area (Å²) in [6.07, 6.45) is 8.06. The van der Waals surface area contributed by atoms with Crippen LogP contribution in [0.4, 0.5) is 0 Å². The van der Waals surface area contributed by atoms with Gasteiger partial charge in [-0.3, -0.25) is 4.79 Å². The molecule has 0 saturated carbocycles. The van der Waals surface area contributed by atoms with E-state index in [0.717, 1.165) is 25.5 Å². The molecule has 0 fully saturated rings. The van der Waals surface area contributed by atoms with Gasteiger partial charge in [0.2, 0.25) is 0 Å². The van der Waals surface area contributed by atoms with Crippen LogP contribution in [0.3, 0.4) is 0 Å². The first-order valence-electron chi connectivity index (χ1n) is 6.83. The van der Waals surface area contributed by atoms with Gasteiger partial charge in [0, 0.05) is 12.8 Å². The first kappa shape index (κ1) is 16.1. The van der Waals surface area contributed by atoms with E-state index in [0.29, 0.717) is 31.8 Å². The monoisotopic (exact) mass is 242 g/mol. The lowest BCUT2D eigenvalue weighted by atomic mass is 9.98. The van der Waals surface area contributed by atoms with Gasteiger partial charge < -0.3 is 9.53 Å². The van der Waals surface area contributed by atoms with E-state index < -0.39 is 0 Å². The van der Waals surface area contributed by atoms with Gasteiger partial charge in [0.05, 0.1) is 6.61 Å². The highest BCUT2D eigenvalue weighted by Crippen LogP contribution is 2.15. The Morgan fingerprint density at radius 2 is 1.94 bits per heavy atom. The van der Waals surface area contributed by atoms with E-state index in [1.807, 2.05) is 0 Å². The number of carbonyl (C=O) groups excluding carboxylic acids is 2. The summed E-state index contributed by atoms with van der Waals surface area (Å²) >= 11 is 0. The van der Waals surface area contributed by atoms with E-state index >= 15 is 0 Å². The highest BCUT2D eigenvalue weighted by atomic mass is 16.5. The zero-order valence-electron chi connectivity index (χ0n) is 11.2. The minimum absolute atomic E-state index is 0.163. The topological polar surface area (TPSA) is 43.4 Å². The number of carbonyl (C=O) groups is 2. The highest BCUT2D eigenvalue weighted by molar-refractivity contribution is 5.69. The standard InChI is InChI=1S/C14H26O3/c1-3-5-9-13(8-4-2)12-17-14(16)10-6-7-11-15/h11,13H,3-10,12H2,1-2H3. The number of rotatable bonds is 11. The van der Waals surface area contributed by atoms with Crippen molar-refractivity contribution in [2.24, 2.45) is 5.92 Å². The second-order valence-corrected chi connectivity index (χ2v) is 4.54. The number of hydrogen-bond acceptors (Lipinski definition) is 3. The van der Waals surface area contributed by atoms with Gasteiger partial charge in [-0.1, -0.05) is 33.1 Å². The van der Waals surface area contributed by atoms with E-state index in [2.05, 4.69) is 13.8 Å². The molecule has 0 saturated heterocycles. The predicted molar refractivity (Wildman–Crippen MR) is 68.8 cm³/mol. The van der Waals surface area contributed by atoms with Crippen LogP contribution >= 0.6 is 0 Å². The molecule has 0 aromatic carbocycles. The molecule has 0 N–H and O–H groups in total. The zero-order chi connectivity index (χ0) is 12.9. The Morgan fingerprint density at radius 1 is 1.18 bits per heavy atom. The molecule has 3 heteroatoms. The molecule has 1 unspecified atom stereocenters. The zero-order valence-corrected chi connectivity index (χ0v) is 11.2. The highest BCUT2D eigenvalue weighted by Gasteiger charge is 2.10. The summed E-state index contributed by atoms with van der Waals surface area (Å²) in [6, 6.07) is 0. The first-order chi connectivity index (χ1) is 8.24. The second-order valence-electron chi connectivity index (χ2n) is 4.54. The molecule has 17 heavy (non-hydrogen) atoms. The maximum atomic E-state index is 11.4. The molecule has 3 nitrogen and oxygen atoms in total. The van der Waals surface area contributed by atoms with E-state index in [1.165, 1.54) is 12.8 Å². The Morgan fingerprint density at radius 3 is 2.53 bits per heavy atom. The largest absolute Gasteiger partial charge is 0.465 e. The van der Waals surface area contributed by atoms with Crippen molar-refractivity contribution in [3.63, 3.8) is 0 Å². The molecule has 0 spiro atoms. The molecule has 0 bridgehead atoms. The van der Waals surface area contributed by atoms with Crippen molar-refractivity contribution in [2.75, 3.05) is 6.61 Å². The summed E-state index contributed by atoms with van der Waals surface area (Å²) in [5, 5.41) is 0. The van der Waals surface area contributed by atoms with E-state index in [1.54, 1.807) is 0 Å². The number of hydrogen-bond donors (Lipinski definition) is 0. The van der Waals surface area contributed by atoms with Gasteiger partial charge in [-0.15, -0.1) is 0 Å². The van der Waals surface area contributed by atoms with Gasteiger partial charge in [-0.25, -0.2) is 0 Å². The van der Waals surface area contributed by atoms with Gasteiger partial charge in [-0.05, 0) is 25.2 Å². The van der Waals surface area contributed by atoms with Crippen molar-refractivity contribution in [2.45, 2.75) is 65.2 Å². The summed E-state index contributed by atoms with van der Waals surface area (Å²) in [6.45, 7) is 4.88. The van der Waals surface area contributed by atoms with Crippen molar-refractivity contribution in [1.29, 1.82) is 0 Å². The molecule has 0 rings (SSSR count). The molecule has 0 radical (unpaired) electrons. The molecule has 0 aromatic rings. The smallest absolute Gasteiger partial charge is 0.305 e. The Bertz CT molecular complexity index is 202. The van der Waals surface area contributed by atoms with Crippen molar-refractivity contribution in [3.05, 3.63) is 0 Å². The maximum Gasteiger partial charge on any atom is 0.305 e. The molecule has 1 atom stereocenters. The fourth-order valence-electron chi connectivity index (χ4n) is 1.82. The molecule has 0 amide bonds. The summed E-state index contributed by atoms with van der Waals surface area (Å²) < 4.78 is 5.25. The number of aldehydes is 1. The van der Waals surface area contributed by atoms with Crippen molar-refractivity contribution >= 4 is 12.3 Å². The number of ether oxygens (including phenoxy) is 1. The summed E-state index contributed by atoms with van der Waals surface area (Å²) in [5.74, 6) is 0.347. The van der Waals surface area contributed by atoms with Crippen molar-refractivity contribution in [1.82, 2.24) is 0 Å². The van der Waals surface area contributed by atoms with Crippen LogP contribution < -0.4 is 0 Å². The van der Waals surface area contributed by atoms with Crippen LogP contribution in [0.2, 0.25) is 0 Å². The quantitative estimate of drug-likeness (QED) is 0.316. The van der Waals surface area contributed by atoms with Crippen LogP contribution in [0.15, 0.2) is 0 Å². The van der Waals surface area contributed by atoms with E-state index in [-0.39, 0.29) is 5.97 Å². The van der Waals surface area contributed by atoms with Crippen molar-refractivity contribution in [3.8, 4) is 0 Å². The lowest BCUT2D eigenvalue weighted by molar-refractivity contribution is -0.145. The Kier molecular flexibility index (Phi) is 11.0. The van der Waals surface area contributed by atoms with Crippen LogP contribution in [0.25, 0.3) is 0 Å². The lowest BCUT2D eigenvalue weighted by Crippen LogP contribution is -2.14. The van der Waals surface area contributed by atoms with E-state index in [4.69, 9.17) is 4.74 Å². The van der Waals surface area contributed by atoms with Crippen LogP contribution in [0, 0.1) is 5.92 Å². The SMILES string of the molecule is CCCCC(CCC)COC(=O)CCCC=O. The van der Waals surface area contributed by atoms with Gasteiger partial charge >= 0.3 is 5.97 Å². The summed E-state index contributed by atoms with van der Waals surface area (Å²) in [5.41, 5.74) is 0. The third-order valence-electron chi connectivity index (χ3n) is 2.85. The fourth-order valence-corrected chi connectivity index (χ4v) is 1.82. The summed E-state index contributed by atoms with van der Waals surface area (Å²) in [4.78, 5) is 21.5. The molecule has 0 aliphatic heterocycles. The van der Waals surface area contributed by atoms with E-state index in [9.17, 15) is 9.59 Å². The third-order valence-corrected chi connectivity index (χ3v) is 2.85.